The van der Waals surface area contributed by atoms with E-state index >= 15 is 0 Å². The van der Waals surface area contributed by atoms with E-state index in [0.717, 1.165) is 52.1 Å². The van der Waals surface area contributed by atoms with Crippen molar-refractivity contribution < 1.29 is 14.3 Å². The molecule has 0 N–H and O–H groups in total. The third kappa shape index (κ3) is 6.02. The minimum Gasteiger partial charge on any atom is -0.385 e. The zero-order chi connectivity index (χ0) is 14.0. The van der Waals surface area contributed by atoms with Gasteiger partial charge in [0, 0.05) is 45.9 Å². The summed E-state index contributed by atoms with van der Waals surface area (Å²) in [5.74, 6) is 0. The molecule has 4 heteroatoms. The summed E-state index contributed by atoms with van der Waals surface area (Å²) in [6.45, 7) is 4.26. The normalized spacial score (nSPS) is 18.7. The fourth-order valence-corrected chi connectivity index (χ4v) is 2.94. The van der Waals surface area contributed by atoms with E-state index in [0.29, 0.717) is 0 Å². The Morgan fingerprint density at radius 1 is 1.05 bits per heavy atom. The molecule has 0 heterocycles. The van der Waals surface area contributed by atoms with Crippen molar-refractivity contribution in [3.05, 3.63) is 0 Å². The van der Waals surface area contributed by atoms with E-state index in [4.69, 9.17) is 9.47 Å². The van der Waals surface area contributed by atoms with Crippen LogP contribution in [-0.2, 0) is 14.3 Å². The highest BCUT2D eigenvalue weighted by Crippen LogP contribution is 2.35. The predicted octanol–water partition coefficient (Wildman–Crippen LogP) is 2.12. The van der Waals surface area contributed by atoms with Gasteiger partial charge in [-0.05, 0) is 19.3 Å². The van der Waals surface area contributed by atoms with Gasteiger partial charge in [-0.25, -0.2) is 0 Å². The molecule has 0 aromatic rings. The van der Waals surface area contributed by atoms with E-state index in [9.17, 15) is 4.79 Å². The third-order valence-corrected chi connectivity index (χ3v) is 4.07. The quantitative estimate of drug-likeness (QED) is 0.451. The Hall–Kier alpha value is -0.450. The monoisotopic (exact) mass is 271 g/mol. The average Bonchev–Trinajstić information content (AvgIpc) is 2.46. The van der Waals surface area contributed by atoms with E-state index in [1.165, 1.54) is 25.5 Å². The van der Waals surface area contributed by atoms with Crippen molar-refractivity contribution in [1.29, 1.82) is 0 Å². The third-order valence-electron chi connectivity index (χ3n) is 4.07. The molecule has 0 aromatic carbocycles. The summed E-state index contributed by atoms with van der Waals surface area (Å²) < 4.78 is 10.3. The van der Waals surface area contributed by atoms with Crippen LogP contribution in [0.4, 0.5) is 0 Å². The van der Waals surface area contributed by atoms with Gasteiger partial charge in [-0.15, -0.1) is 0 Å². The van der Waals surface area contributed by atoms with Crippen molar-refractivity contribution in [3.63, 3.8) is 0 Å². The molecule has 1 saturated carbocycles. The van der Waals surface area contributed by atoms with Crippen LogP contribution in [0.2, 0.25) is 0 Å². The van der Waals surface area contributed by atoms with Gasteiger partial charge in [0.05, 0.1) is 6.61 Å². The molecule has 1 fully saturated rings. The molecule has 0 amide bonds. The summed E-state index contributed by atoms with van der Waals surface area (Å²) in [6, 6.07) is 0. The Balaban J connectivity index is 2.49. The van der Waals surface area contributed by atoms with Gasteiger partial charge in [-0.3, -0.25) is 4.90 Å². The first-order valence-corrected chi connectivity index (χ1v) is 7.43. The molecule has 1 aliphatic rings. The molecule has 0 atom stereocenters. The lowest BCUT2D eigenvalue weighted by Crippen LogP contribution is -2.42. The SMILES string of the molecule is COCCCN(CCOC)CC1(C=O)CCCCC1. The molecule has 112 valence electrons. The average molecular weight is 271 g/mol. The van der Waals surface area contributed by atoms with Crippen LogP contribution >= 0.6 is 0 Å². The Morgan fingerprint density at radius 2 is 1.74 bits per heavy atom. The van der Waals surface area contributed by atoms with Gasteiger partial charge < -0.3 is 14.3 Å². The maximum atomic E-state index is 11.5. The molecule has 4 nitrogen and oxygen atoms in total. The second kappa shape index (κ2) is 9.45. The van der Waals surface area contributed by atoms with Gasteiger partial charge in [-0.1, -0.05) is 19.3 Å². The number of carbonyl (C=O) groups excluding carboxylic acids is 1. The summed E-state index contributed by atoms with van der Waals surface area (Å²) in [6.07, 6.45) is 7.97. The number of aldehydes is 1. The molecule has 0 spiro atoms. The van der Waals surface area contributed by atoms with Crippen LogP contribution in [0.3, 0.4) is 0 Å². The topological polar surface area (TPSA) is 38.8 Å². The molecule has 0 aliphatic heterocycles. The number of hydrogen-bond acceptors (Lipinski definition) is 4. The van der Waals surface area contributed by atoms with Gasteiger partial charge in [0.15, 0.2) is 0 Å². The number of ether oxygens (including phenoxy) is 2. The zero-order valence-electron chi connectivity index (χ0n) is 12.5. The van der Waals surface area contributed by atoms with Gasteiger partial charge >= 0.3 is 0 Å². The first kappa shape index (κ1) is 16.6. The minimum absolute atomic E-state index is 0.112. The van der Waals surface area contributed by atoms with Gasteiger partial charge in [0.2, 0.25) is 0 Å². The lowest BCUT2D eigenvalue weighted by atomic mass is 9.75. The second-order valence-electron chi connectivity index (χ2n) is 5.66. The largest absolute Gasteiger partial charge is 0.385 e. The van der Waals surface area contributed by atoms with Crippen molar-refractivity contribution >= 4 is 6.29 Å². The van der Waals surface area contributed by atoms with Crippen molar-refractivity contribution in [3.8, 4) is 0 Å². The van der Waals surface area contributed by atoms with Crippen LogP contribution in [0.25, 0.3) is 0 Å². The molecule has 0 bridgehead atoms. The molecule has 0 saturated heterocycles. The highest BCUT2D eigenvalue weighted by atomic mass is 16.5. The fraction of sp³-hybridized carbons (Fsp3) is 0.933. The molecule has 1 rings (SSSR count). The smallest absolute Gasteiger partial charge is 0.127 e. The first-order valence-electron chi connectivity index (χ1n) is 7.43. The van der Waals surface area contributed by atoms with E-state index < -0.39 is 0 Å². The number of hydrogen-bond donors (Lipinski definition) is 0. The van der Waals surface area contributed by atoms with Gasteiger partial charge in [-0.2, -0.15) is 0 Å². The highest BCUT2D eigenvalue weighted by molar-refractivity contribution is 5.60. The van der Waals surface area contributed by atoms with Crippen LogP contribution in [-0.4, -0.2) is 58.3 Å². The summed E-state index contributed by atoms with van der Waals surface area (Å²) in [5.41, 5.74) is -0.112. The Bertz CT molecular complexity index is 240. The van der Waals surface area contributed by atoms with E-state index in [-0.39, 0.29) is 5.41 Å². The molecule has 0 unspecified atom stereocenters. The maximum Gasteiger partial charge on any atom is 0.127 e. The molecular formula is C15H29NO3. The highest BCUT2D eigenvalue weighted by Gasteiger charge is 2.33. The summed E-state index contributed by atoms with van der Waals surface area (Å²) in [7, 11) is 3.46. The number of methoxy groups -OCH3 is 2. The predicted molar refractivity (Wildman–Crippen MR) is 76.4 cm³/mol. The Labute approximate surface area is 117 Å². The molecule has 1 aliphatic carbocycles. The first-order chi connectivity index (χ1) is 9.26. The summed E-state index contributed by atoms with van der Waals surface area (Å²) >= 11 is 0. The maximum absolute atomic E-state index is 11.5. The van der Waals surface area contributed by atoms with Crippen LogP contribution in [0.1, 0.15) is 38.5 Å². The standard InChI is InChI=1S/C15H29NO3/c1-18-11-6-9-16(10-12-19-2)13-15(14-17)7-4-3-5-8-15/h14H,3-13H2,1-2H3. The lowest BCUT2D eigenvalue weighted by Gasteiger charge is -2.37. The zero-order valence-corrected chi connectivity index (χ0v) is 12.5. The van der Waals surface area contributed by atoms with Gasteiger partial charge in [0.1, 0.15) is 6.29 Å². The fourth-order valence-electron chi connectivity index (χ4n) is 2.94. The van der Waals surface area contributed by atoms with Crippen LogP contribution in [0.15, 0.2) is 0 Å². The molecule has 0 aromatic heterocycles. The van der Waals surface area contributed by atoms with Crippen molar-refractivity contribution in [1.82, 2.24) is 4.90 Å². The molecule has 0 radical (unpaired) electrons. The van der Waals surface area contributed by atoms with E-state index in [1.54, 1.807) is 14.2 Å². The van der Waals surface area contributed by atoms with Crippen LogP contribution in [0.5, 0.6) is 0 Å². The minimum atomic E-state index is -0.112. The number of nitrogens with zero attached hydrogens (tertiary/aromatic N) is 1. The van der Waals surface area contributed by atoms with E-state index in [2.05, 4.69) is 4.90 Å². The van der Waals surface area contributed by atoms with E-state index in [1.807, 2.05) is 0 Å². The number of carbonyl (C=O) groups is 1. The second-order valence-corrected chi connectivity index (χ2v) is 5.66. The van der Waals surface area contributed by atoms with Crippen LogP contribution < -0.4 is 0 Å². The molecule has 19 heavy (non-hydrogen) atoms. The van der Waals surface area contributed by atoms with Crippen LogP contribution in [0, 0.1) is 5.41 Å². The van der Waals surface area contributed by atoms with Gasteiger partial charge in [0.25, 0.3) is 0 Å². The van der Waals surface area contributed by atoms with Crippen molar-refractivity contribution in [2.24, 2.45) is 5.41 Å². The summed E-state index contributed by atoms with van der Waals surface area (Å²) in [5, 5.41) is 0. The van der Waals surface area contributed by atoms with Crippen molar-refractivity contribution in [2.75, 3.05) is 47.1 Å². The molecular weight excluding hydrogens is 242 g/mol. The Kier molecular flexibility index (Phi) is 8.26. The Morgan fingerprint density at radius 3 is 2.32 bits per heavy atom. The lowest BCUT2D eigenvalue weighted by molar-refractivity contribution is -0.119. The van der Waals surface area contributed by atoms with Crippen molar-refractivity contribution in [2.45, 2.75) is 38.5 Å². The summed E-state index contributed by atoms with van der Waals surface area (Å²) in [4.78, 5) is 13.9. The number of rotatable bonds is 10.